The van der Waals surface area contributed by atoms with Gasteiger partial charge in [-0.25, -0.2) is 4.79 Å². The zero-order valence-corrected chi connectivity index (χ0v) is 8.81. The van der Waals surface area contributed by atoms with Crippen LogP contribution < -0.4 is 0 Å². The van der Waals surface area contributed by atoms with Crippen LogP contribution in [0, 0.1) is 22.7 Å². The number of aliphatic carboxylic acids is 1. The lowest BCUT2D eigenvalue weighted by Crippen LogP contribution is -2.34. The highest BCUT2D eigenvalue weighted by molar-refractivity contribution is 5.74. The third-order valence-corrected chi connectivity index (χ3v) is 1.89. The highest BCUT2D eigenvalue weighted by Gasteiger charge is 2.36. The minimum Gasteiger partial charge on any atom is -0.480 e. The number of carbonyl (C=O) groups is 2. The molecule has 0 aromatic rings. The molecular weight excluding hydrogens is 202 g/mol. The Balaban J connectivity index is 4.47. The number of carboxylic acids is 1. The van der Waals surface area contributed by atoms with Crippen LogP contribution in [0.25, 0.3) is 0 Å². The lowest BCUT2D eigenvalue weighted by atomic mass is 9.80. The molecule has 0 aromatic heterocycles. The van der Waals surface area contributed by atoms with Crippen molar-refractivity contribution >= 4 is 12.1 Å². The Bertz CT molecular complexity index is 291. The first-order valence-electron chi connectivity index (χ1n) is 4.18. The number of ether oxygens (including phenoxy) is 2. The smallest absolute Gasteiger partial charge is 0.480 e. The summed E-state index contributed by atoms with van der Waals surface area (Å²) in [5, 5.41) is 17.4. The van der Waals surface area contributed by atoms with Crippen molar-refractivity contribution in [3.63, 3.8) is 0 Å². The van der Waals surface area contributed by atoms with E-state index in [-0.39, 0.29) is 6.61 Å². The summed E-state index contributed by atoms with van der Waals surface area (Å²) in [6.45, 7) is 2.86. The summed E-state index contributed by atoms with van der Waals surface area (Å²) in [5.74, 6) is -2.47. The van der Waals surface area contributed by atoms with Gasteiger partial charge in [-0.05, 0) is 0 Å². The molecule has 0 rings (SSSR count). The molecule has 0 aliphatic rings. The molecule has 0 radical (unpaired) electrons. The van der Waals surface area contributed by atoms with Crippen molar-refractivity contribution in [1.82, 2.24) is 0 Å². The maximum atomic E-state index is 10.7. The Morgan fingerprint density at radius 2 is 2.07 bits per heavy atom. The van der Waals surface area contributed by atoms with Gasteiger partial charge in [0.1, 0.15) is 6.61 Å². The Morgan fingerprint density at radius 1 is 1.53 bits per heavy atom. The second-order valence-corrected chi connectivity index (χ2v) is 3.63. The zero-order valence-electron chi connectivity index (χ0n) is 8.81. The van der Waals surface area contributed by atoms with E-state index in [9.17, 15) is 9.59 Å². The minimum absolute atomic E-state index is 0.190. The van der Waals surface area contributed by atoms with E-state index in [0.29, 0.717) is 0 Å². The van der Waals surface area contributed by atoms with Crippen LogP contribution in [0.2, 0.25) is 0 Å². The van der Waals surface area contributed by atoms with Gasteiger partial charge in [-0.1, -0.05) is 13.8 Å². The molecule has 0 aliphatic heterocycles. The van der Waals surface area contributed by atoms with Crippen LogP contribution in [0.3, 0.4) is 0 Å². The van der Waals surface area contributed by atoms with Crippen molar-refractivity contribution in [2.75, 3.05) is 13.7 Å². The van der Waals surface area contributed by atoms with Crippen LogP contribution in [-0.2, 0) is 14.3 Å². The number of carboxylic acid groups (broad SMARTS) is 1. The lowest BCUT2D eigenvalue weighted by Gasteiger charge is -2.25. The molecule has 1 atom stereocenters. The van der Waals surface area contributed by atoms with E-state index in [1.807, 2.05) is 0 Å². The van der Waals surface area contributed by atoms with Gasteiger partial charge in [0.25, 0.3) is 0 Å². The third kappa shape index (κ3) is 3.85. The fourth-order valence-corrected chi connectivity index (χ4v) is 0.951. The molecular formula is C9H13NO5. The number of carbonyl (C=O) groups excluding carboxylic acids is 1. The average Bonchev–Trinajstić information content (AvgIpc) is 2.14. The molecule has 0 amide bonds. The predicted molar refractivity (Wildman–Crippen MR) is 48.9 cm³/mol. The maximum Gasteiger partial charge on any atom is 0.507 e. The molecule has 0 saturated carbocycles. The lowest BCUT2D eigenvalue weighted by molar-refractivity contribution is -0.144. The topological polar surface area (TPSA) is 96.6 Å². The van der Waals surface area contributed by atoms with Gasteiger partial charge in [-0.2, -0.15) is 5.26 Å². The first kappa shape index (κ1) is 13.2. The zero-order chi connectivity index (χ0) is 12.1. The van der Waals surface area contributed by atoms with Crippen molar-refractivity contribution in [1.29, 1.82) is 5.26 Å². The Morgan fingerprint density at radius 3 is 2.40 bits per heavy atom. The van der Waals surface area contributed by atoms with Crippen LogP contribution in [0.4, 0.5) is 4.79 Å². The van der Waals surface area contributed by atoms with E-state index in [2.05, 4.69) is 9.47 Å². The summed E-state index contributed by atoms with van der Waals surface area (Å²) < 4.78 is 8.84. The van der Waals surface area contributed by atoms with Crippen molar-refractivity contribution < 1.29 is 24.2 Å². The molecule has 0 fully saturated rings. The largest absolute Gasteiger partial charge is 0.507 e. The fraction of sp³-hybridized carbons (Fsp3) is 0.667. The normalized spacial score (nSPS) is 12.4. The van der Waals surface area contributed by atoms with Crippen LogP contribution in [0.1, 0.15) is 13.8 Å². The monoisotopic (exact) mass is 215 g/mol. The third-order valence-electron chi connectivity index (χ3n) is 1.89. The first-order chi connectivity index (χ1) is 6.85. The SMILES string of the molecule is COC(=O)OCC(C)(C)C(C#N)C(=O)O. The van der Waals surface area contributed by atoms with Crippen LogP contribution in [0.15, 0.2) is 0 Å². The molecule has 0 aliphatic carbocycles. The van der Waals surface area contributed by atoms with Gasteiger partial charge in [0, 0.05) is 5.41 Å². The highest BCUT2D eigenvalue weighted by Crippen LogP contribution is 2.27. The van der Waals surface area contributed by atoms with Gasteiger partial charge in [-0.3, -0.25) is 4.79 Å². The average molecular weight is 215 g/mol. The van der Waals surface area contributed by atoms with E-state index in [1.165, 1.54) is 13.8 Å². The molecule has 15 heavy (non-hydrogen) atoms. The number of nitriles is 1. The number of nitrogens with zero attached hydrogens (tertiary/aromatic N) is 1. The fourth-order valence-electron chi connectivity index (χ4n) is 0.951. The van der Waals surface area contributed by atoms with Gasteiger partial charge in [0.2, 0.25) is 0 Å². The van der Waals surface area contributed by atoms with Crippen LogP contribution in [0.5, 0.6) is 0 Å². The van der Waals surface area contributed by atoms with Gasteiger partial charge in [-0.15, -0.1) is 0 Å². The quantitative estimate of drug-likeness (QED) is 0.703. The molecule has 0 bridgehead atoms. The predicted octanol–water partition coefficient (Wildman–Crippen LogP) is 1.02. The number of methoxy groups -OCH3 is 1. The van der Waals surface area contributed by atoms with Gasteiger partial charge in [0.15, 0.2) is 5.92 Å². The molecule has 6 nitrogen and oxygen atoms in total. The number of hydrogen-bond donors (Lipinski definition) is 1. The van der Waals surface area contributed by atoms with E-state index in [1.54, 1.807) is 6.07 Å². The van der Waals surface area contributed by atoms with E-state index >= 15 is 0 Å². The molecule has 0 heterocycles. The second-order valence-electron chi connectivity index (χ2n) is 3.63. The standard InChI is InChI=1S/C9H13NO5/c1-9(2,5-15-8(13)14-3)6(4-10)7(11)12/h6H,5H2,1-3H3,(H,11,12). The minimum atomic E-state index is -1.24. The summed E-state index contributed by atoms with van der Waals surface area (Å²) in [6.07, 6.45) is -0.898. The Hall–Kier alpha value is -1.77. The van der Waals surface area contributed by atoms with Gasteiger partial charge >= 0.3 is 12.1 Å². The summed E-state index contributed by atoms with van der Waals surface area (Å²) >= 11 is 0. The van der Waals surface area contributed by atoms with Crippen LogP contribution >= 0.6 is 0 Å². The maximum absolute atomic E-state index is 10.7. The van der Waals surface area contributed by atoms with Crippen molar-refractivity contribution in [2.24, 2.45) is 11.3 Å². The Kier molecular flexibility index (Phi) is 4.58. The number of hydrogen-bond acceptors (Lipinski definition) is 5. The molecule has 1 N–H and O–H groups in total. The molecule has 0 spiro atoms. The van der Waals surface area contributed by atoms with Gasteiger partial charge in [0.05, 0.1) is 13.2 Å². The first-order valence-corrected chi connectivity index (χ1v) is 4.18. The van der Waals surface area contributed by atoms with Crippen LogP contribution in [-0.4, -0.2) is 30.9 Å². The number of rotatable bonds is 4. The van der Waals surface area contributed by atoms with Crippen molar-refractivity contribution in [3.8, 4) is 6.07 Å². The molecule has 84 valence electrons. The molecule has 1 unspecified atom stereocenters. The molecule has 6 heteroatoms. The second kappa shape index (κ2) is 5.20. The highest BCUT2D eigenvalue weighted by atomic mass is 16.7. The van der Waals surface area contributed by atoms with Crippen molar-refractivity contribution in [2.45, 2.75) is 13.8 Å². The summed E-state index contributed by atoms with van der Waals surface area (Å²) in [7, 11) is 1.15. The summed E-state index contributed by atoms with van der Waals surface area (Å²) in [5.41, 5.74) is -0.964. The molecule has 0 saturated heterocycles. The van der Waals surface area contributed by atoms with E-state index in [4.69, 9.17) is 10.4 Å². The summed E-state index contributed by atoms with van der Waals surface area (Å²) in [6, 6.07) is 1.65. The van der Waals surface area contributed by atoms with Gasteiger partial charge < -0.3 is 14.6 Å². The van der Waals surface area contributed by atoms with E-state index < -0.39 is 23.5 Å². The van der Waals surface area contributed by atoms with Crippen molar-refractivity contribution in [3.05, 3.63) is 0 Å². The van der Waals surface area contributed by atoms with E-state index in [0.717, 1.165) is 7.11 Å². The Labute approximate surface area is 87.4 Å². The summed E-state index contributed by atoms with van der Waals surface area (Å²) in [4.78, 5) is 21.4. The molecule has 0 aromatic carbocycles.